The first-order valence-electron chi connectivity index (χ1n) is 7.46. The van der Waals surface area contributed by atoms with Gasteiger partial charge in [0.25, 0.3) is 5.91 Å². The Labute approximate surface area is 120 Å². The van der Waals surface area contributed by atoms with Crippen molar-refractivity contribution in [2.45, 2.75) is 45.8 Å². The Bertz CT molecular complexity index is 460. The highest BCUT2D eigenvalue weighted by atomic mass is 16.5. The Morgan fingerprint density at radius 3 is 3.05 bits per heavy atom. The number of nitrogens with one attached hydrogen (secondary N) is 2. The summed E-state index contributed by atoms with van der Waals surface area (Å²) in [5, 5.41) is 6.23. The number of carbonyl (C=O) groups excluding carboxylic acids is 1. The average molecular weight is 276 g/mol. The summed E-state index contributed by atoms with van der Waals surface area (Å²) in [7, 11) is 0. The summed E-state index contributed by atoms with van der Waals surface area (Å²) in [5.74, 6) is 0.871. The zero-order valence-electron chi connectivity index (χ0n) is 12.4. The molecular formula is C16H24N2O2. The highest BCUT2D eigenvalue weighted by Gasteiger charge is 2.23. The number of ether oxygens (including phenoxy) is 1. The first kappa shape index (κ1) is 14.9. The molecule has 2 N–H and O–H groups in total. The first-order valence-corrected chi connectivity index (χ1v) is 7.46. The minimum absolute atomic E-state index is 0.0140. The number of para-hydroxylation sites is 1. The quantitative estimate of drug-likeness (QED) is 0.866. The summed E-state index contributed by atoms with van der Waals surface area (Å²) in [6.07, 6.45) is 2.49. The lowest BCUT2D eigenvalue weighted by atomic mass is 10.1. The van der Waals surface area contributed by atoms with Crippen LogP contribution in [0.2, 0.25) is 0 Å². The molecule has 0 spiro atoms. The maximum Gasteiger partial charge on any atom is 0.261 e. The van der Waals surface area contributed by atoms with Crippen LogP contribution in [0.4, 0.5) is 0 Å². The number of hydrogen-bond acceptors (Lipinski definition) is 3. The number of carbonyl (C=O) groups is 1. The van der Waals surface area contributed by atoms with Gasteiger partial charge in [-0.05, 0) is 38.3 Å². The standard InChI is InChI=1S/C16H24N2O2/c1-3-17-11-13-8-6-7-12(2)15(13)20-14-9-4-5-10-18-16(14)19/h6-8,14,17H,3-5,9-11H2,1-2H3,(H,18,19). The highest BCUT2D eigenvalue weighted by Crippen LogP contribution is 2.26. The van der Waals surface area contributed by atoms with Crippen molar-refractivity contribution in [2.24, 2.45) is 0 Å². The van der Waals surface area contributed by atoms with Gasteiger partial charge >= 0.3 is 0 Å². The van der Waals surface area contributed by atoms with Crippen LogP contribution in [-0.4, -0.2) is 25.1 Å². The Kier molecular flexibility index (Phi) is 5.41. The summed E-state index contributed by atoms with van der Waals surface area (Å²) in [5.41, 5.74) is 2.20. The van der Waals surface area contributed by atoms with Crippen molar-refractivity contribution in [1.82, 2.24) is 10.6 Å². The molecule has 1 saturated heterocycles. The summed E-state index contributed by atoms with van der Waals surface area (Å²) < 4.78 is 6.05. The summed E-state index contributed by atoms with van der Waals surface area (Å²) in [6.45, 7) is 6.55. The van der Waals surface area contributed by atoms with Gasteiger partial charge in [0.15, 0.2) is 6.10 Å². The predicted molar refractivity (Wildman–Crippen MR) is 79.8 cm³/mol. The maximum absolute atomic E-state index is 12.0. The van der Waals surface area contributed by atoms with Crippen molar-refractivity contribution in [3.63, 3.8) is 0 Å². The van der Waals surface area contributed by atoms with E-state index in [2.05, 4.69) is 23.6 Å². The van der Waals surface area contributed by atoms with E-state index >= 15 is 0 Å². The third-order valence-electron chi connectivity index (χ3n) is 3.60. The monoisotopic (exact) mass is 276 g/mol. The average Bonchev–Trinajstić information content (AvgIpc) is 2.64. The molecule has 1 aromatic carbocycles. The van der Waals surface area contributed by atoms with Crippen LogP contribution in [0.25, 0.3) is 0 Å². The van der Waals surface area contributed by atoms with Crippen molar-refractivity contribution < 1.29 is 9.53 Å². The van der Waals surface area contributed by atoms with Gasteiger partial charge < -0.3 is 15.4 Å². The van der Waals surface area contributed by atoms with E-state index in [0.717, 1.165) is 55.8 Å². The lowest BCUT2D eigenvalue weighted by Gasteiger charge is -2.20. The lowest BCUT2D eigenvalue weighted by Crippen LogP contribution is -2.37. The van der Waals surface area contributed by atoms with E-state index in [1.165, 1.54) is 0 Å². The SMILES string of the molecule is CCNCc1cccc(C)c1OC1CCCCNC1=O. The van der Waals surface area contributed by atoms with Crippen LogP contribution in [-0.2, 0) is 11.3 Å². The van der Waals surface area contributed by atoms with Gasteiger partial charge in [-0.25, -0.2) is 0 Å². The molecule has 1 fully saturated rings. The molecule has 1 unspecified atom stereocenters. The van der Waals surface area contributed by atoms with Gasteiger partial charge in [0.05, 0.1) is 0 Å². The normalized spacial score (nSPS) is 19.3. The molecule has 0 bridgehead atoms. The minimum Gasteiger partial charge on any atom is -0.480 e. The third kappa shape index (κ3) is 3.73. The molecule has 0 radical (unpaired) electrons. The van der Waals surface area contributed by atoms with Gasteiger partial charge in [-0.1, -0.05) is 25.1 Å². The molecule has 20 heavy (non-hydrogen) atoms. The van der Waals surface area contributed by atoms with E-state index in [9.17, 15) is 4.79 Å². The minimum atomic E-state index is -0.362. The summed E-state index contributed by atoms with van der Waals surface area (Å²) in [6, 6.07) is 6.11. The Balaban J connectivity index is 2.16. The van der Waals surface area contributed by atoms with Crippen molar-refractivity contribution >= 4 is 5.91 Å². The number of aryl methyl sites for hydroxylation is 1. The second kappa shape index (κ2) is 7.29. The first-order chi connectivity index (χ1) is 9.72. The van der Waals surface area contributed by atoms with E-state index in [-0.39, 0.29) is 12.0 Å². The largest absolute Gasteiger partial charge is 0.480 e. The van der Waals surface area contributed by atoms with E-state index in [1.807, 2.05) is 19.1 Å². The number of amides is 1. The third-order valence-corrected chi connectivity index (χ3v) is 3.60. The van der Waals surface area contributed by atoms with Crippen LogP contribution < -0.4 is 15.4 Å². The lowest BCUT2D eigenvalue weighted by molar-refractivity contribution is -0.127. The summed E-state index contributed by atoms with van der Waals surface area (Å²) in [4.78, 5) is 12.0. The topological polar surface area (TPSA) is 50.4 Å². The van der Waals surface area contributed by atoms with Gasteiger partial charge in [0, 0.05) is 18.7 Å². The number of rotatable bonds is 5. The molecule has 110 valence electrons. The molecule has 1 amide bonds. The molecule has 0 aromatic heterocycles. The Morgan fingerprint density at radius 1 is 1.40 bits per heavy atom. The molecule has 1 aliphatic heterocycles. The van der Waals surface area contributed by atoms with E-state index in [0.29, 0.717) is 0 Å². The fraction of sp³-hybridized carbons (Fsp3) is 0.562. The van der Waals surface area contributed by atoms with Crippen molar-refractivity contribution in [2.75, 3.05) is 13.1 Å². The second-order valence-corrected chi connectivity index (χ2v) is 5.24. The van der Waals surface area contributed by atoms with Crippen LogP contribution in [0.3, 0.4) is 0 Å². The van der Waals surface area contributed by atoms with Gasteiger partial charge in [0.2, 0.25) is 0 Å². The zero-order chi connectivity index (χ0) is 14.4. The van der Waals surface area contributed by atoms with Gasteiger partial charge in [-0.2, -0.15) is 0 Å². The second-order valence-electron chi connectivity index (χ2n) is 5.24. The summed E-state index contributed by atoms with van der Waals surface area (Å²) >= 11 is 0. The van der Waals surface area contributed by atoms with Crippen LogP contribution >= 0.6 is 0 Å². The number of hydrogen-bond donors (Lipinski definition) is 2. The Morgan fingerprint density at radius 2 is 2.25 bits per heavy atom. The predicted octanol–water partition coefficient (Wildman–Crippen LogP) is 2.15. The van der Waals surface area contributed by atoms with Crippen molar-refractivity contribution in [1.29, 1.82) is 0 Å². The molecule has 1 aromatic rings. The van der Waals surface area contributed by atoms with Gasteiger partial charge in [0.1, 0.15) is 5.75 Å². The molecule has 1 aliphatic rings. The van der Waals surface area contributed by atoms with E-state index < -0.39 is 0 Å². The van der Waals surface area contributed by atoms with Crippen LogP contribution in [0.15, 0.2) is 18.2 Å². The zero-order valence-corrected chi connectivity index (χ0v) is 12.4. The van der Waals surface area contributed by atoms with Crippen LogP contribution in [0.1, 0.15) is 37.3 Å². The highest BCUT2D eigenvalue weighted by molar-refractivity contribution is 5.81. The molecule has 1 heterocycles. The fourth-order valence-corrected chi connectivity index (χ4v) is 2.45. The fourth-order valence-electron chi connectivity index (χ4n) is 2.45. The van der Waals surface area contributed by atoms with Gasteiger partial charge in [-0.3, -0.25) is 4.79 Å². The molecule has 4 heteroatoms. The van der Waals surface area contributed by atoms with Crippen LogP contribution in [0.5, 0.6) is 5.75 Å². The van der Waals surface area contributed by atoms with Crippen molar-refractivity contribution in [3.8, 4) is 5.75 Å². The molecule has 1 atom stereocenters. The van der Waals surface area contributed by atoms with E-state index in [1.54, 1.807) is 0 Å². The molecule has 4 nitrogen and oxygen atoms in total. The van der Waals surface area contributed by atoms with Crippen LogP contribution in [0, 0.1) is 6.92 Å². The van der Waals surface area contributed by atoms with Gasteiger partial charge in [-0.15, -0.1) is 0 Å². The smallest absolute Gasteiger partial charge is 0.261 e. The number of benzene rings is 1. The molecule has 0 saturated carbocycles. The Hall–Kier alpha value is -1.55. The molecular weight excluding hydrogens is 252 g/mol. The molecule has 2 rings (SSSR count). The van der Waals surface area contributed by atoms with E-state index in [4.69, 9.17) is 4.74 Å². The maximum atomic E-state index is 12.0. The molecule has 0 aliphatic carbocycles. The van der Waals surface area contributed by atoms with Crippen molar-refractivity contribution in [3.05, 3.63) is 29.3 Å².